The lowest BCUT2D eigenvalue weighted by Crippen LogP contribution is -1.94. The second kappa shape index (κ2) is 23.6. The third-order valence-electron chi connectivity index (χ3n) is 5.61. The van der Waals surface area contributed by atoms with Crippen LogP contribution in [0, 0.1) is 0 Å². The van der Waals surface area contributed by atoms with E-state index in [2.05, 4.69) is 20.4 Å². The van der Waals surface area contributed by atoms with Crippen molar-refractivity contribution in [3.05, 3.63) is 12.3 Å². The molecule has 0 unspecified atom stereocenters. The summed E-state index contributed by atoms with van der Waals surface area (Å²) in [6.07, 6.45) is 29.0. The molecule has 0 radical (unpaired) electrons. The van der Waals surface area contributed by atoms with E-state index in [1.165, 1.54) is 128 Å². The van der Waals surface area contributed by atoms with Gasteiger partial charge in [-0.3, -0.25) is 0 Å². The highest BCUT2D eigenvalue weighted by Gasteiger charge is 1.98. The summed E-state index contributed by atoms with van der Waals surface area (Å²) in [4.78, 5) is 0. The van der Waals surface area contributed by atoms with Crippen molar-refractivity contribution in [1.29, 1.82) is 0 Å². The number of allylic oxidation sites excluding steroid dienone is 1. The second-order valence-corrected chi connectivity index (χ2v) is 8.50. The van der Waals surface area contributed by atoms with Gasteiger partial charge in [-0.1, -0.05) is 136 Å². The van der Waals surface area contributed by atoms with Crippen molar-refractivity contribution in [1.82, 2.24) is 0 Å². The lowest BCUT2D eigenvalue weighted by molar-refractivity contribution is 0.195. The van der Waals surface area contributed by atoms with Crippen molar-refractivity contribution < 1.29 is 4.74 Å². The molecular weight excluding hydrogens is 328 g/mol. The molecule has 0 aromatic heterocycles. The Hall–Kier alpha value is -0.460. The Morgan fingerprint density at radius 1 is 0.481 bits per heavy atom. The molecule has 0 rings (SSSR count). The zero-order valence-electron chi connectivity index (χ0n) is 19.2. The first-order valence-corrected chi connectivity index (χ1v) is 12.6. The number of rotatable bonds is 23. The van der Waals surface area contributed by atoms with Crippen molar-refractivity contribution in [2.45, 2.75) is 149 Å². The van der Waals surface area contributed by atoms with Gasteiger partial charge in [0.25, 0.3) is 0 Å². The quantitative estimate of drug-likeness (QED) is 0.126. The maximum absolute atomic E-state index is 5.72. The van der Waals surface area contributed by atoms with Crippen LogP contribution in [0.2, 0.25) is 0 Å². The van der Waals surface area contributed by atoms with Crippen molar-refractivity contribution in [3.8, 4) is 0 Å². The summed E-state index contributed by atoms with van der Waals surface area (Å²) in [5.74, 6) is 1.01. The van der Waals surface area contributed by atoms with Gasteiger partial charge in [0.05, 0.1) is 12.4 Å². The van der Waals surface area contributed by atoms with E-state index in [-0.39, 0.29) is 0 Å². The van der Waals surface area contributed by atoms with Crippen LogP contribution >= 0.6 is 0 Å². The number of hydrogen-bond acceptors (Lipinski definition) is 1. The summed E-state index contributed by atoms with van der Waals surface area (Å²) in [6.45, 7) is 9.47. The molecule has 0 atom stereocenters. The molecule has 0 saturated heterocycles. The fourth-order valence-corrected chi connectivity index (χ4v) is 3.69. The van der Waals surface area contributed by atoms with E-state index in [9.17, 15) is 0 Å². The topological polar surface area (TPSA) is 9.23 Å². The molecular formula is C26H52O. The Morgan fingerprint density at radius 3 is 1.22 bits per heavy atom. The van der Waals surface area contributed by atoms with Gasteiger partial charge in [-0.05, 0) is 12.8 Å². The third kappa shape index (κ3) is 23.5. The van der Waals surface area contributed by atoms with Crippen LogP contribution in [0.15, 0.2) is 12.3 Å². The van der Waals surface area contributed by atoms with Crippen LogP contribution in [0.3, 0.4) is 0 Å². The number of hydrogen-bond donors (Lipinski definition) is 0. The molecule has 1 heteroatoms. The summed E-state index contributed by atoms with van der Waals surface area (Å²) in [7, 11) is 0. The first-order valence-electron chi connectivity index (χ1n) is 12.6. The normalized spacial score (nSPS) is 11.0. The molecule has 0 aliphatic carbocycles. The monoisotopic (exact) mass is 380 g/mol. The highest BCUT2D eigenvalue weighted by molar-refractivity contribution is 4.81. The summed E-state index contributed by atoms with van der Waals surface area (Å²) < 4.78 is 5.72. The summed E-state index contributed by atoms with van der Waals surface area (Å²) in [5.41, 5.74) is 0. The van der Waals surface area contributed by atoms with E-state index < -0.39 is 0 Å². The zero-order chi connectivity index (χ0) is 19.8. The SMILES string of the molecule is C=C(CCCCCCCCCCCCCCCCCC)OCCCCCC. The molecule has 27 heavy (non-hydrogen) atoms. The molecule has 162 valence electrons. The van der Waals surface area contributed by atoms with Crippen molar-refractivity contribution >= 4 is 0 Å². The van der Waals surface area contributed by atoms with Gasteiger partial charge in [0.15, 0.2) is 0 Å². The van der Waals surface area contributed by atoms with Gasteiger partial charge < -0.3 is 4.74 Å². The van der Waals surface area contributed by atoms with Gasteiger partial charge in [0, 0.05) is 6.42 Å². The molecule has 0 amide bonds. The maximum atomic E-state index is 5.72. The highest BCUT2D eigenvalue weighted by Crippen LogP contribution is 2.15. The predicted octanol–water partition coefficient (Wildman–Crippen LogP) is 9.75. The minimum atomic E-state index is 0.873. The molecule has 0 N–H and O–H groups in total. The summed E-state index contributed by atoms with van der Waals surface area (Å²) in [6, 6.07) is 0. The van der Waals surface area contributed by atoms with E-state index in [0.717, 1.165) is 18.8 Å². The molecule has 0 fully saturated rings. The van der Waals surface area contributed by atoms with E-state index in [0.29, 0.717) is 0 Å². The minimum absolute atomic E-state index is 0.873. The predicted molar refractivity (Wildman–Crippen MR) is 123 cm³/mol. The average Bonchev–Trinajstić information content (AvgIpc) is 2.67. The van der Waals surface area contributed by atoms with Gasteiger partial charge in [-0.15, -0.1) is 0 Å². The molecule has 0 aromatic carbocycles. The summed E-state index contributed by atoms with van der Waals surface area (Å²) >= 11 is 0. The lowest BCUT2D eigenvalue weighted by Gasteiger charge is -2.09. The first kappa shape index (κ1) is 26.5. The van der Waals surface area contributed by atoms with E-state index in [1.807, 2.05) is 0 Å². The van der Waals surface area contributed by atoms with Crippen LogP contribution in [0.25, 0.3) is 0 Å². The molecule has 0 aliphatic rings. The number of unbranched alkanes of at least 4 members (excludes halogenated alkanes) is 18. The molecule has 0 heterocycles. The largest absolute Gasteiger partial charge is 0.499 e. The van der Waals surface area contributed by atoms with Crippen molar-refractivity contribution in [3.63, 3.8) is 0 Å². The second-order valence-electron chi connectivity index (χ2n) is 8.50. The van der Waals surface area contributed by atoms with Gasteiger partial charge >= 0.3 is 0 Å². The molecule has 1 nitrogen and oxygen atoms in total. The lowest BCUT2D eigenvalue weighted by atomic mass is 10.0. The van der Waals surface area contributed by atoms with E-state index in [1.54, 1.807) is 0 Å². The van der Waals surface area contributed by atoms with Crippen LogP contribution in [-0.2, 0) is 4.74 Å². The van der Waals surface area contributed by atoms with Gasteiger partial charge in [-0.2, -0.15) is 0 Å². The van der Waals surface area contributed by atoms with E-state index >= 15 is 0 Å². The maximum Gasteiger partial charge on any atom is 0.0888 e. The third-order valence-corrected chi connectivity index (χ3v) is 5.61. The summed E-state index contributed by atoms with van der Waals surface area (Å²) in [5, 5.41) is 0. The van der Waals surface area contributed by atoms with Crippen molar-refractivity contribution in [2.24, 2.45) is 0 Å². The molecule has 0 bridgehead atoms. The van der Waals surface area contributed by atoms with E-state index in [4.69, 9.17) is 4.74 Å². The molecule has 0 aromatic rings. The Kier molecular flexibility index (Phi) is 23.2. The Morgan fingerprint density at radius 2 is 0.815 bits per heavy atom. The minimum Gasteiger partial charge on any atom is -0.499 e. The standard InChI is InChI=1S/C26H52O/c1-4-6-8-10-11-12-13-14-15-16-17-18-19-20-21-22-24-26(3)27-25-23-9-7-5-2/h3-25H2,1-2H3. The van der Waals surface area contributed by atoms with Crippen molar-refractivity contribution in [2.75, 3.05) is 6.61 Å². The van der Waals surface area contributed by atoms with Gasteiger partial charge in [0.1, 0.15) is 0 Å². The van der Waals surface area contributed by atoms with Gasteiger partial charge in [0.2, 0.25) is 0 Å². The number of ether oxygens (including phenoxy) is 1. The van der Waals surface area contributed by atoms with Crippen LogP contribution < -0.4 is 0 Å². The zero-order valence-corrected chi connectivity index (χ0v) is 19.2. The fraction of sp³-hybridized carbons (Fsp3) is 0.923. The van der Waals surface area contributed by atoms with Crippen LogP contribution in [0.5, 0.6) is 0 Å². The first-order chi connectivity index (χ1) is 13.3. The molecule has 0 spiro atoms. The molecule has 0 aliphatic heterocycles. The Bertz CT molecular complexity index is 284. The van der Waals surface area contributed by atoms with Crippen LogP contribution in [0.1, 0.15) is 149 Å². The van der Waals surface area contributed by atoms with Crippen LogP contribution in [0.4, 0.5) is 0 Å². The Labute approximate surface area is 172 Å². The molecule has 0 saturated carbocycles. The highest BCUT2D eigenvalue weighted by atomic mass is 16.5. The van der Waals surface area contributed by atoms with Crippen LogP contribution in [-0.4, -0.2) is 6.61 Å². The Balaban J connectivity index is 3.09. The smallest absolute Gasteiger partial charge is 0.0888 e. The fourth-order valence-electron chi connectivity index (χ4n) is 3.69. The average molecular weight is 381 g/mol. The van der Waals surface area contributed by atoms with Gasteiger partial charge in [-0.25, -0.2) is 0 Å².